The normalized spacial score (nSPS) is 15.3. The van der Waals surface area contributed by atoms with Crippen LogP contribution in [0, 0.1) is 5.82 Å². The molecule has 1 aliphatic carbocycles. The summed E-state index contributed by atoms with van der Waals surface area (Å²) in [5, 5.41) is 0. The second kappa shape index (κ2) is 5.06. The van der Waals surface area contributed by atoms with Crippen LogP contribution in [0.1, 0.15) is 34.7 Å². The molecule has 0 spiro atoms. The number of hydrogen-bond donors (Lipinski definition) is 1. The minimum absolute atomic E-state index is 0.262. The van der Waals surface area contributed by atoms with Gasteiger partial charge in [0.1, 0.15) is 5.82 Å². The monoisotopic (exact) mass is 319 g/mol. The van der Waals surface area contributed by atoms with Gasteiger partial charge in [0.2, 0.25) is 0 Å². The van der Waals surface area contributed by atoms with Crippen molar-refractivity contribution in [3.8, 4) is 0 Å². The molecule has 2 N–H and O–H groups in total. The number of rotatable bonds is 2. The third-order valence-corrected chi connectivity index (χ3v) is 4.27. The first-order valence-corrected chi connectivity index (χ1v) is 7.26. The van der Waals surface area contributed by atoms with Crippen LogP contribution < -0.4 is 5.73 Å². The van der Waals surface area contributed by atoms with Gasteiger partial charge in [-0.15, -0.1) is 0 Å². The van der Waals surface area contributed by atoms with E-state index in [4.69, 9.17) is 5.73 Å². The summed E-state index contributed by atoms with van der Waals surface area (Å²) in [6.45, 7) is 0. The van der Waals surface area contributed by atoms with Crippen molar-refractivity contribution in [1.82, 2.24) is 0 Å². The third kappa shape index (κ3) is 2.45. The lowest BCUT2D eigenvalue weighted by molar-refractivity contribution is 0.598. The molecule has 2 aromatic carbocycles. The molecule has 0 bridgehead atoms. The zero-order chi connectivity index (χ0) is 13.4. The van der Waals surface area contributed by atoms with Crippen molar-refractivity contribution >= 4 is 15.9 Å². The number of fused-ring (bicyclic) bond motifs is 1. The Morgan fingerprint density at radius 3 is 2.63 bits per heavy atom. The van der Waals surface area contributed by atoms with Crippen LogP contribution in [0.2, 0.25) is 0 Å². The minimum Gasteiger partial charge on any atom is -0.320 e. The molecule has 1 aliphatic rings. The second-order valence-corrected chi connectivity index (χ2v) is 5.94. The van der Waals surface area contributed by atoms with Crippen LogP contribution >= 0.6 is 15.9 Å². The number of aryl methyl sites for hydroxylation is 2. The van der Waals surface area contributed by atoms with Crippen molar-refractivity contribution < 1.29 is 4.39 Å². The zero-order valence-corrected chi connectivity index (χ0v) is 12.1. The van der Waals surface area contributed by atoms with Crippen molar-refractivity contribution in [3.05, 3.63) is 68.9 Å². The van der Waals surface area contributed by atoms with Gasteiger partial charge in [0.25, 0.3) is 0 Å². The molecule has 0 heterocycles. The Morgan fingerprint density at radius 1 is 1.05 bits per heavy atom. The highest BCUT2D eigenvalue weighted by atomic mass is 79.9. The van der Waals surface area contributed by atoms with Crippen molar-refractivity contribution in [2.75, 3.05) is 0 Å². The number of hydrogen-bond acceptors (Lipinski definition) is 1. The Morgan fingerprint density at radius 2 is 1.84 bits per heavy atom. The number of benzene rings is 2. The van der Waals surface area contributed by atoms with E-state index in [2.05, 4.69) is 28.1 Å². The van der Waals surface area contributed by atoms with Crippen molar-refractivity contribution in [2.24, 2.45) is 5.73 Å². The Labute approximate surface area is 120 Å². The van der Waals surface area contributed by atoms with Gasteiger partial charge in [-0.1, -0.05) is 40.2 Å². The largest absolute Gasteiger partial charge is 0.320 e. The maximum absolute atomic E-state index is 14.0. The van der Waals surface area contributed by atoms with E-state index in [1.54, 1.807) is 6.07 Å². The third-order valence-electron chi connectivity index (χ3n) is 3.78. The smallest absolute Gasteiger partial charge is 0.129 e. The number of halogens is 2. The van der Waals surface area contributed by atoms with E-state index in [0.717, 1.165) is 22.9 Å². The first-order valence-electron chi connectivity index (χ1n) is 6.47. The lowest BCUT2D eigenvalue weighted by atomic mass is 9.96. The first kappa shape index (κ1) is 12.8. The van der Waals surface area contributed by atoms with Gasteiger partial charge >= 0.3 is 0 Å². The molecule has 0 aromatic heterocycles. The second-order valence-electron chi connectivity index (χ2n) is 5.03. The standard InChI is InChI=1S/C16H15BrFN/c17-13-6-7-14(15(18)9-13)16(19)12-5-4-10-2-1-3-11(10)8-12/h4-9,16H,1-3,19H2. The van der Waals surface area contributed by atoms with Crippen LogP contribution in [0.5, 0.6) is 0 Å². The summed E-state index contributed by atoms with van der Waals surface area (Å²) in [5.41, 5.74) is 10.5. The molecule has 0 radical (unpaired) electrons. The highest BCUT2D eigenvalue weighted by molar-refractivity contribution is 9.10. The van der Waals surface area contributed by atoms with E-state index in [9.17, 15) is 4.39 Å². The highest BCUT2D eigenvalue weighted by Crippen LogP contribution is 2.29. The summed E-state index contributed by atoms with van der Waals surface area (Å²) in [4.78, 5) is 0. The van der Waals surface area contributed by atoms with E-state index in [-0.39, 0.29) is 5.82 Å². The molecule has 1 atom stereocenters. The van der Waals surface area contributed by atoms with Crippen LogP contribution in [-0.2, 0) is 12.8 Å². The fourth-order valence-corrected chi connectivity index (χ4v) is 3.05. The maximum Gasteiger partial charge on any atom is 0.129 e. The Hall–Kier alpha value is -1.19. The molecular formula is C16H15BrFN. The summed E-state index contributed by atoms with van der Waals surface area (Å²) >= 11 is 3.26. The Bertz CT molecular complexity index is 624. The van der Waals surface area contributed by atoms with Gasteiger partial charge in [0.15, 0.2) is 0 Å². The first-order chi connectivity index (χ1) is 9.15. The summed E-state index contributed by atoms with van der Waals surface area (Å²) in [5.74, 6) is -0.262. The van der Waals surface area contributed by atoms with E-state index in [0.29, 0.717) is 5.56 Å². The molecule has 3 heteroatoms. The molecule has 1 nitrogen and oxygen atoms in total. The van der Waals surface area contributed by atoms with Crippen LogP contribution in [0.3, 0.4) is 0 Å². The van der Waals surface area contributed by atoms with Crippen molar-refractivity contribution in [1.29, 1.82) is 0 Å². The molecule has 0 aliphatic heterocycles. The van der Waals surface area contributed by atoms with Gasteiger partial charge in [0, 0.05) is 10.0 Å². The predicted molar refractivity (Wildman–Crippen MR) is 78.6 cm³/mol. The molecule has 0 saturated heterocycles. The van der Waals surface area contributed by atoms with Crippen LogP contribution in [-0.4, -0.2) is 0 Å². The van der Waals surface area contributed by atoms with E-state index >= 15 is 0 Å². The molecule has 0 fully saturated rings. The topological polar surface area (TPSA) is 26.0 Å². The fraction of sp³-hybridized carbons (Fsp3) is 0.250. The Balaban J connectivity index is 1.97. The minimum atomic E-state index is -0.404. The molecule has 0 amide bonds. The predicted octanol–water partition coefficient (Wildman–Crippen LogP) is 4.13. The van der Waals surface area contributed by atoms with Gasteiger partial charge in [0.05, 0.1) is 6.04 Å². The molecule has 19 heavy (non-hydrogen) atoms. The molecule has 3 rings (SSSR count). The highest BCUT2D eigenvalue weighted by Gasteiger charge is 2.17. The van der Waals surface area contributed by atoms with Gasteiger partial charge in [-0.05, 0) is 48.1 Å². The van der Waals surface area contributed by atoms with Crippen LogP contribution in [0.25, 0.3) is 0 Å². The van der Waals surface area contributed by atoms with E-state index in [1.807, 2.05) is 12.1 Å². The summed E-state index contributed by atoms with van der Waals surface area (Å²) in [6, 6.07) is 10.9. The van der Waals surface area contributed by atoms with E-state index in [1.165, 1.54) is 23.6 Å². The molecule has 98 valence electrons. The van der Waals surface area contributed by atoms with E-state index < -0.39 is 6.04 Å². The molecule has 1 unspecified atom stereocenters. The summed E-state index contributed by atoms with van der Waals surface area (Å²) in [6.07, 6.45) is 3.47. The Kier molecular flexibility index (Phi) is 3.42. The van der Waals surface area contributed by atoms with Crippen LogP contribution in [0.4, 0.5) is 4.39 Å². The molecule has 0 saturated carbocycles. The van der Waals surface area contributed by atoms with Gasteiger partial charge in [-0.3, -0.25) is 0 Å². The SMILES string of the molecule is NC(c1ccc2c(c1)CCC2)c1ccc(Br)cc1F. The van der Waals surface area contributed by atoms with Crippen molar-refractivity contribution in [3.63, 3.8) is 0 Å². The lowest BCUT2D eigenvalue weighted by Crippen LogP contribution is -2.14. The molecule has 2 aromatic rings. The summed E-state index contributed by atoms with van der Waals surface area (Å²) in [7, 11) is 0. The van der Waals surface area contributed by atoms with Gasteiger partial charge in [-0.2, -0.15) is 0 Å². The maximum atomic E-state index is 14.0. The van der Waals surface area contributed by atoms with Crippen LogP contribution in [0.15, 0.2) is 40.9 Å². The van der Waals surface area contributed by atoms with Gasteiger partial charge in [-0.25, -0.2) is 4.39 Å². The number of nitrogens with two attached hydrogens (primary N) is 1. The zero-order valence-electron chi connectivity index (χ0n) is 10.5. The van der Waals surface area contributed by atoms with Gasteiger partial charge < -0.3 is 5.73 Å². The fourth-order valence-electron chi connectivity index (χ4n) is 2.72. The quantitative estimate of drug-likeness (QED) is 0.885. The lowest BCUT2D eigenvalue weighted by Gasteiger charge is -2.15. The average Bonchev–Trinajstić information content (AvgIpc) is 2.85. The molecular weight excluding hydrogens is 305 g/mol. The van der Waals surface area contributed by atoms with Crippen molar-refractivity contribution in [2.45, 2.75) is 25.3 Å². The average molecular weight is 320 g/mol. The summed E-state index contributed by atoms with van der Waals surface area (Å²) < 4.78 is 14.7.